The van der Waals surface area contributed by atoms with E-state index in [2.05, 4.69) is 36.6 Å². The zero-order chi connectivity index (χ0) is 16.9. The maximum absolute atomic E-state index is 12.9. The summed E-state index contributed by atoms with van der Waals surface area (Å²) in [6.07, 6.45) is 1.59. The monoisotopic (exact) mass is 405 g/mol. The topological polar surface area (TPSA) is 54.8 Å². The number of hydrogen-bond donors (Lipinski definition) is 2. The smallest absolute Gasteiger partial charge is 0.248 e. The van der Waals surface area contributed by atoms with Crippen molar-refractivity contribution in [1.29, 1.82) is 0 Å². The van der Waals surface area contributed by atoms with Gasteiger partial charge in [0.05, 0.1) is 6.54 Å². The SMILES string of the molecule is Fc1ccc(Cn2cnc(NC(=S)Nc3ccc(Br)cc3)n2)cc1. The zero-order valence-electron chi connectivity index (χ0n) is 12.4. The van der Waals surface area contributed by atoms with Crippen molar-refractivity contribution < 1.29 is 4.39 Å². The van der Waals surface area contributed by atoms with Crippen molar-refractivity contribution in [3.05, 3.63) is 70.7 Å². The van der Waals surface area contributed by atoms with Crippen LogP contribution in [0.1, 0.15) is 5.56 Å². The number of anilines is 2. The fourth-order valence-corrected chi connectivity index (χ4v) is 2.48. The van der Waals surface area contributed by atoms with E-state index in [1.165, 1.54) is 12.1 Å². The first-order valence-corrected chi connectivity index (χ1v) is 8.26. The number of rotatable bonds is 4. The van der Waals surface area contributed by atoms with Crippen molar-refractivity contribution in [3.63, 3.8) is 0 Å². The Bertz CT molecular complexity index is 832. The van der Waals surface area contributed by atoms with Crippen LogP contribution in [-0.4, -0.2) is 19.9 Å². The maximum Gasteiger partial charge on any atom is 0.248 e. The van der Waals surface area contributed by atoms with E-state index in [1.807, 2.05) is 24.3 Å². The van der Waals surface area contributed by atoms with E-state index in [0.717, 1.165) is 15.7 Å². The van der Waals surface area contributed by atoms with Crippen LogP contribution in [0.4, 0.5) is 16.0 Å². The van der Waals surface area contributed by atoms with Crippen molar-refractivity contribution >= 4 is 44.9 Å². The normalized spacial score (nSPS) is 10.4. The summed E-state index contributed by atoms with van der Waals surface area (Å²) in [6, 6.07) is 13.9. The van der Waals surface area contributed by atoms with E-state index in [1.54, 1.807) is 23.1 Å². The predicted octanol–water partition coefficient (Wildman–Crippen LogP) is 4.04. The summed E-state index contributed by atoms with van der Waals surface area (Å²) < 4.78 is 15.5. The average Bonchev–Trinajstić information content (AvgIpc) is 2.99. The van der Waals surface area contributed by atoms with Crippen molar-refractivity contribution in [2.45, 2.75) is 6.54 Å². The molecule has 5 nitrogen and oxygen atoms in total. The molecule has 0 bridgehead atoms. The minimum Gasteiger partial charge on any atom is -0.332 e. The number of hydrogen-bond acceptors (Lipinski definition) is 3. The summed E-state index contributed by atoms with van der Waals surface area (Å²) in [4.78, 5) is 4.16. The van der Waals surface area contributed by atoms with Crippen LogP contribution in [0.15, 0.2) is 59.3 Å². The van der Waals surface area contributed by atoms with Gasteiger partial charge in [0.2, 0.25) is 5.95 Å². The molecule has 24 heavy (non-hydrogen) atoms. The molecule has 0 amide bonds. The standard InChI is InChI=1S/C16H13BrFN5S/c17-12-3-7-14(8-4-12)20-16(24)21-15-19-10-23(22-15)9-11-1-5-13(18)6-2-11/h1-8,10H,9H2,(H2,20,21,22,24). The highest BCUT2D eigenvalue weighted by atomic mass is 79.9. The molecule has 122 valence electrons. The zero-order valence-corrected chi connectivity index (χ0v) is 14.8. The number of thiocarbonyl (C=S) groups is 1. The van der Waals surface area contributed by atoms with Gasteiger partial charge in [-0.05, 0) is 54.2 Å². The lowest BCUT2D eigenvalue weighted by atomic mass is 10.2. The Balaban J connectivity index is 1.58. The van der Waals surface area contributed by atoms with Crippen LogP contribution in [-0.2, 0) is 6.54 Å². The summed E-state index contributed by atoms with van der Waals surface area (Å²) in [5.41, 5.74) is 1.80. The third-order valence-electron chi connectivity index (χ3n) is 3.12. The molecule has 0 saturated carbocycles. The van der Waals surface area contributed by atoms with Gasteiger partial charge in [-0.1, -0.05) is 28.1 Å². The second kappa shape index (κ2) is 7.50. The first-order chi connectivity index (χ1) is 11.6. The van der Waals surface area contributed by atoms with Crippen molar-refractivity contribution in [2.75, 3.05) is 10.6 Å². The quantitative estimate of drug-likeness (QED) is 0.641. The second-order valence-electron chi connectivity index (χ2n) is 4.98. The molecule has 1 heterocycles. The van der Waals surface area contributed by atoms with Crippen LogP contribution in [0.2, 0.25) is 0 Å². The first kappa shape index (κ1) is 16.5. The van der Waals surface area contributed by atoms with Gasteiger partial charge in [0.15, 0.2) is 5.11 Å². The first-order valence-electron chi connectivity index (χ1n) is 7.06. The fraction of sp³-hybridized carbons (Fsp3) is 0.0625. The lowest BCUT2D eigenvalue weighted by molar-refractivity contribution is 0.624. The van der Waals surface area contributed by atoms with E-state index in [4.69, 9.17) is 12.2 Å². The average molecular weight is 406 g/mol. The van der Waals surface area contributed by atoms with Gasteiger partial charge in [0.1, 0.15) is 12.1 Å². The summed E-state index contributed by atoms with van der Waals surface area (Å²) in [5, 5.41) is 10.7. The van der Waals surface area contributed by atoms with Gasteiger partial charge < -0.3 is 5.32 Å². The summed E-state index contributed by atoms with van der Waals surface area (Å²) in [5.74, 6) is 0.135. The van der Waals surface area contributed by atoms with Gasteiger partial charge in [0.25, 0.3) is 0 Å². The van der Waals surface area contributed by atoms with Crippen LogP contribution in [0.5, 0.6) is 0 Å². The van der Waals surface area contributed by atoms with E-state index >= 15 is 0 Å². The number of nitrogens with one attached hydrogen (secondary N) is 2. The van der Waals surface area contributed by atoms with Crippen LogP contribution in [0.3, 0.4) is 0 Å². The molecule has 0 unspecified atom stereocenters. The third kappa shape index (κ3) is 4.59. The van der Waals surface area contributed by atoms with E-state index in [9.17, 15) is 4.39 Å². The van der Waals surface area contributed by atoms with Gasteiger partial charge in [-0.3, -0.25) is 5.32 Å². The third-order valence-corrected chi connectivity index (χ3v) is 3.85. The summed E-state index contributed by atoms with van der Waals surface area (Å²) >= 11 is 8.62. The molecular formula is C16H13BrFN5S. The van der Waals surface area contributed by atoms with Gasteiger partial charge >= 0.3 is 0 Å². The molecule has 0 fully saturated rings. The number of nitrogens with zero attached hydrogens (tertiary/aromatic N) is 3. The predicted molar refractivity (Wildman–Crippen MR) is 99.5 cm³/mol. The molecular weight excluding hydrogens is 393 g/mol. The molecule has 3 rings (SSSR count). The van der Waals surface area contributed by atoms with Crippen molar-refractivity contribution in [1.82, 2.24) is 14.8 Å². The molecule has 0 atom stereocenters. The molecule has 0 spiro atoms. The Labute approximate surface area is 152 Å². The van der Waals surface area contributed by atoms with Crippen LogP contribution in [0.25, 0.3) is 0 Å². The number of halogens is 2. The largest absolute Gasteiger partial charge is 0.332 e. The van der Waals surface area contributed by atoms with E-state index in [0.29, 0.717) is 17.6 Å². The highest BCUT2D eigenvalue weighted by molar-refractivity contribution is 9.10. The maximum atomic E-state index is 12.9. The lowest BCUT2D eigenvalue weighted by Gasteiger charge is -2.07. The Morgan fingerprint density at radius 2 is 1.79 bits per heavy atom. The molecule has 8 heteroatoms. The van der Waals surface area contributed by atoms with Crippen molar-refractivity contribution in [3.8, 4) is 0 Å². The molecule has 0 radical (unpaired) electrons. The van der Waals surface area contributed by atoms with Crippen LogP contribution < -0.4 is 10.6 Å². The molecule has 3 aromatic rings. The minimum absolute atomic E-state index is 0.260. The second-order valence-corrected chi connectivity index (χ2v) is 6.30. The molecule has 0 aliphatic carbocycles. The summed E-state index contributed by atoms with van der Waals surface area (Å²) in [6.45, 7) is 0.502. The highest BCUT2D eigenvalue weighted by Crippen LogP contribution is 2.14. The number of aromatic nitrogens is 3. The van der Waals surface area contributed by atoms with E-state index < -0.39 is 0 Å². The van der Waals surface area contributed by atoms with Gasteiger partial charge in [-0.15, -0.1) is 5.10 Å². The van der Waals surface area contributed by atoms with Crippen molar-refractivity contribution in [2.24, 2.45) is 0 Å². The van der Waals surface area contributed by atoms with Gasteiger partial charge in [0, 0.05) is 10.2 Å². The van der Waals surface area contributed by atoms with E-state index in [-0.39, 0.29) is 5.82 Å². The van der Waals surface area contributed by atoms with Gasteiger partial charge in [-0.2, -0.15) is 0 Å². The Hall–Kier alpha value is -2.32. The number of benzene rings is 2. The highest BCUT2D eigenvalue weighted by Gasteiger charge is 2.05. The Morgan fingerprint density at radius 3 is 2.50 bits per heavy atom. The molecule has 0 aliphatic rings. The summed E-state index contributed by atoms with van der Waals surface area (Å²) in [7, 11) is 0. The minimum atomic E-state index is -0.260. The molecule has 2 aromatic carbocycles. The molecule has 0 saturated heterocycles. The van der Waals surface area contributed by atoms with Crippen LogP contribution in [0, 0.1) is 5.82 Å². The Kier molecular flexibility index (Phi) is 5.17. The van der Waals surface area contributed by atoms with Crippen LogP contribution >= 0.6 is 28.1 Å². The van der Waals surface area contributed by atoms with Gasteiger partial charge in [-0.25, -0.2) is 14.1 Å². The fourth-order valence-electron chi connectivity index (χ4n) is 2.00. The lowest BCUT2D eigenvalue weighted by Crippen LogP contribution is -2.20. The Morgan fingerprint density at radius 1 is 1.08 bits per heavy atom. The molecule has 0 aliphatic heterocycles. The molecule has 1 aromatic heterocycles. The molecule has 2 N–H and O–H groups in total.